The minimum atomic E-state index is 0.192. The molecule has 0 saturated carbocycles. The molecule has 0 radical (unpaired) electrons. The standard InChI is InChI=1S/C19H23NO/c1-14(16-5-3-2-4-6-16)18(20)9-7-15-8-10-19-17(13-15)11-12-21-19/h2-6,8,10,13-14,18H,7,9,11-12,20H2,1H3. The van der Waals surface area contributed by atoms with Gasteiger partial charge in [0.2, 0.25) is 0 Å². The summed E-state index contributed by atoms with van der Waals surface area (Å²) in [5.74, 6) is 1.45. The van der Waals surface area contributed by atoms with Gasteiger partial charge in [-0.1, -0.05) is 49.4 Å². The third kappa shape index (κ3) is 3.27. The van der Waals surface area contributed by atoms with Crippen LogP contribution in [0.4, 0.5) is 0 Å². The molecule has 2 N–H and O–H groups in total. The summed E-state index contributed by atoms with van der Waals surface area (Å²) < 4.78 is 5.55. The summed E-state index contributed by atoms with van der Waals surface area (Å²) in [7, 11) is 0. The molecule has 0 saturated heterocycles. The summed E-state index contributed by atoms with van der Waals surface area (Å²) in [5, 5.41) is 0. The van der Waals surface area contributed by atoms with Crippen molar-refractivity contribution in [3.63, 3.8) is 0 Å². The molecule has 0 aliphatic carbocycles. The molecule has 1 aliphatic rings. The van der Waals surface area contributed by atoms with Crippen molar-refractivity contribution in [1.82, 2.24) is 0 Å². The molecule has 2 nitrogen and oxygen atoms in total. The van der Waals surface area contributed by atoms with E-state index >= 15 is 0 Å². The van der Waals surface area contributed by atoms with Crippen LogP contribution in [0.25, 0.3) is 0 Å². The third-order valence-electron chi connectivity index (χ3n) is 4.49. The Balaban J connectivity index is 1.59. The lowest BCUT2D eigenvalue weighted by atomic mass is 9.90. The van der Waals surface area contributed by atoms with Gasteiger partial charge in [0, 0.05) is 12.5 Å². The van der Waals surface area contributed by atoms with E-state index in [2.05, 4.69) is 49.4 Å². The first-order valence-electron chi connectivity index (χ1n) is 7.79. The van der Waals surface area contributed by atoms with E-state index in [4.69, 9.17) is 10.5 Å². The fraction of sp³-hybridized carbons (Fsp3) is 0.368. The maximum Gasteiger partial charge on any atom is 0.122 e. The van der Waals surface area contributed by atoms with E-state index < -0.39 is 0 Å². The van der Waals surface area contributed by atoms with E-state index in [0.29, 0.717) is 5.92 Å². The summed E-state index contributed by atoms with van der Waals surface area (Å²) in [6, 6.07) is 17.3. The highest BCUT2D eigenvalue weighted by Crippen LogP contribution is 2.27. The van der Waals surface area contributed by atoms with Crippen LogP contribution in [-0.4, -0.2) is 12.6 Å². The van der Waals surface area contributed by atoms with Gasteiger partial charge in [-0.2, -0.15) is 0 Å². The van der Waals surface area contributed by atoms with Crippen LogP contribution in [0.15, 0.2) is 48.5 Å². The second-order valence-corrected chi connectivity index (χ2v) is 5.94. The van der Waals surface area contributed by atoms with Crippen molar-refractivity contribution >= 4 is 0 Å². The zero-order valence-corrected chi connectivity index (χ0v) is 12.6. The molecule has 0 fully saturated rings. The lowest BCUT2D eigenvalue weighted by molar-refractivity contribution is 0.357. The zero-order valence-electron chi connectivity index (χ0n) is 12.6. The van der Waals surface area contributed by atoms with Crippen LogP contribution in [0.5, 0.6) is 5.75 Å². The Morgan fingerprint density at radius 1 is 1.14 bits per heavy atom. The van der Waals surface area contributed by atoms with Crippen molar-refractivity contribution in [2.45, 2.75) is 38.1 Å². The Bertz CT molecular complexity index is 594. The molecule has 0 amide bonds. The molecule has 3 rings (SSSR count). The van der Waals surface area contributed by atoms with E-state index in [9.17, 15) is 0 Å². The second kappa shape index (κ2) is 6.31. The summed E-state index contributed by atoms with van der Waals surface area (Å²) in [6.45, 7) is 3.04. The molecule has 21 heavy (non-hydrogen) atoms. The molecule has 1 aliphatic heterocycles. The maximum absolute atomic E-state index is 6.39. The molecular weight excluding hydrogens is 258 g/mol. The predicted octanol–water partition coefficient (Wildman–Crippen LogP) is 3.69. The molecule has 2 unspecified atom stereocenters. The fourth-order valence-corrected chi connectivity index (χ4v) is 2.98. The number of ether oxygens (including phenoxy) is 1. The smallest absolute Gasteiger partial charge is 0.122 e. The minimum absolute atomic E-state index is 0.192. The zero-order chi connectivity index (χ0) is 14.7. The van der Waals surface area contributed by atoms with E-state index in [1.54, 1.807) is 0 Å². The van der Waals surface area contributed by atoms with Gasteiger partial charge in [-0.15, -0.1) is 0 Å². The molecule has 0 aromatic heterocycles. The fourth-order valence-electron chi connectivity index (χ4n) is 2.98. The topological polar surface area (TPSA) is 35.2 Å². The van der Waals surface area contributed by atoms with E-state index in [1.807, 2.05) is 6.07 Å². The largest absolute Gasteiger partial charge is 0.493 e. The number of fused-ring (bicyclic) bond motifs is 1. The van der Waals surface area contributed by atoms with Crippen LogP contribution < -0.4 is 10.5 Å². The molecule has 110 valence electrons. The van der Waals surface area contributed by atoms with Gasteiger partial charge < -0.3 is 10.5 Å². The second-order valence-electron chi connectivity index (χ2n) is 5.94. The summed E-state index contributed by atoms with van der Waals surface area (Å²) in [5.41, 5.74) is 10.4. The molecule has 2 aromatic carbocycles. The number of benzene rings is 2. The van der Waals surface area contributed by atoms with Crippen molar-refractivity contribution in [1.29, 1.82) is 0 Å². The van der Waals surface area contributed by atoms with Crippen LogP contribution in [0, 0.1) is 0 Å². The highest BCUT2D eigenvalue weighted by Gasteiger charge is 2.16. The number of nitrogens with two attached hydrogens (primary N) is 1. The third-order valence-corrected chi connectivity index (χ3v) is 4.49. The molecular formula is C19H23NO. The number of hydrogen-bond donors (Lipinski definition) is 1. The van der Waals surface area contributed by atoms with Crippen LogP contribution in [0.3, 0.4) is 0 Å². The highest BCUT2D eigenvalue weighted by atomic mass is 16.5. The average molecular weight is 281 g/mol. The summed E-state index contributed by atoms with van der Waals surface area (Å²) in [4.78, 5) is 0. The van der Waals surface area contributed by atoms with Crippen LogP contribution in [0.2, 0.25) is 0 Å². The van der Waals surface area contributed by atoms with Gasteiger partial charge in [-0.25, -0.2) is 0 Å². The highest BCUT2D eigenvalue weighted by molar-refractivity contribution is 5.39. The van der Waals surface area contributed by atoms with Crippen molar-refractivity contribution in [3.8, 4) is 5.75 Å². The van der Waals surface area contributed by atoms with Gasteiger partial charge in [0.15, 0.2) is 0 Å². The first kappa shape index (κ1) is 14.2. The number of rotatable bonds is 5. The van der Waals surface area contributed by atoms with E-state index in [1.165, 1.54) is 16.7 Å². The first-order chi connectivity index (χ1) is 10.2. The summed E-state index contributed by atoms with van der Waals surface area (Å²) >= 11 is 0. The first-order valence-corrected chi connectivity index (χ1v) is 7.79. The maximum atomic E-state index is 6.39. The lowest BCUT2D eigenvalue weighted by Crippen LogP contribution is -2.27. The average Bonchev–Trinajstić information content (AvgIpc) is 3.00. The predicted molar refractivity (Wildman–Crippen MR) is 86.8 cm³/mol. The van der Waals surface area contributed by atoms with Crippen LogP contribution >= 0.6 is 0 Å². The Kier molecular flexibility index (Phi) is 4.26. The normalized spacial score (nSPS) is 16.1. The van der Waals surface area contributed by atoms with Crippen molar-refractivity contribution in [3.05, 3.63) is 65.2 Å². The van der Waals surface area contributed by atoms with Gasteiger partial charge in [0.25, 0.3) is 0 Å². The number of aryl methyl sites for hydroxylation is 1. The quantitative estimate of drug-likeness (QED) is 0.907. The Morgan fingerprint density at radius 3 is 2.76 bits per heavy atom. The van der Waals surface area contributed by atoms with Gasteiger partial charge >= 0.3 is 0 Å². The molecule has 2 aromatic rings. The summed E-state index contributed by atoms with van der Waals surface area (Å²) in [6.07, 6.45) is 3.08. The van der Waals surface area contributed by atoms with E-state index in [0.717, 1.165) is 31.6 Å². The van der Waals surface area contributed by atoms with Crippen LogP contribution in [-0.2, 0) is 12.8 Å². The Morgan fingerprint density at radius 2 is 1.95 bits per heavy atom. The molecule has 0 spiro atoms. The SMILES string of the molecule is CC(c1ccccc1)C(N)CCc1ccc2c(c1)CCO2. The van der Waals surface area contributed by atoms with Crippen molar-refractivity contribution in [2.24, 2.45) is 5.73 Å². The Labute approximate surface area is 126 Å². The van der Waals surface area contributed by atoms with Crippen molar-refractivity contribution < 1.29 is 4.74 Å². The minimum Gasteiger partial charge on any atom is -0.493 e. The molecule has 2 heteroatoms. The van der Waals surface area contributed by atoms with Gasteiger partial charge in [-0.05, 0) is 41.5 Å². The van der Waals surface area contributed by atoms with E-state index in [-0.39, 0.29) is 6.04 Å². The molecule has 0 bridgehead atoms. The lowest BCUT2D eigenvalue weighted by Gasteiger charge is -2.20. The molecule has 1 heterocycles. The van der Waals surface area contributed by atoms with Gasteiger partial charge in [0.05, 0.1) is 6.61 Å². The van der Waals surface area contributed by atoms with Gasteiger partial charge in [-0.3, -0.25) is 0 Å². The van der Waals surface area contributed by atoms with Crippen molar-refractivity contribution in [2.75, 3.05) is 6.61 Å². The number of hydrogen-bond acceptors (Lipinski definition) is 2. The van der Waals surface area contributed by atoms with Gasteiger partial charge in [0.1, 0.15) is 5.75 Å². The monoisotopic (exact) mass is 281 g/mol. The molecule has 2 atom stereocenters. The Hall–Kier alpha value is -1.80. The van der Waals surface area contributed by atoms with Crippen LogP contribution in [0.1, 0.15) is 36.0 Å².